The Bertz CT molecular complexity index is 678. The molecule has 1 aliphatic rings. The van der Waals surface area contributed by atoms with Crippen molar-refractivity contribution in [3.05, 3.63) is 29.6 Å². The smallest absolute Gasteiger partial charge is 0.338 e. The lowest BCUT2D eigenvalue weighted by atomic mass is 10.2. The van der Waals surface area contributed by atoms with Gasteiger partial charge in [-0.3, -0.25) is 4.79 Å². The number of carbonyl (C=O) groups is 2. The van der Waals surface area contributed by atoms with E-state index in [9.17, 15) is 9.59 Å². The Morgan fingerprint density at radius 1 is 1.45 bits per heavy atom. The number of fused-ring (bicyclic) bond motifs is 3. The molecule has 0 saturated carbocycles. The van der Waals surface area contributed by atoms with Crippen LogP contribution in [0.25, 0.3) is 11.0 Å². The highest BCUT2D eigenvalue weighted by atomic mass is 16.5. The molecule has 3 rings (SSSR count). The van der Waals surface area contributed by atoms with Crippen LogP contribution in [0, 0.1) is 0 Å². The van der Waals surface area contributed by atoms with Gasteiger partial charge in [-0.1, -0.05) is 0 Å². The molecule has 0 N–H and O–H groups in total. The van der Waals surface area contributed by atoms with Crippen LogP contribution in [0.1, 0.15) is 23.1 Å². The Kier molecular flexibility index (Phi) is 3.14. The van der Waals surface area contributed by atoms with Crippen molar-refractivity contribution in [2.24, 2.45) is 0 Å². The van der Waals surface area contributed by atoms with Gasteiger partial charge in [0.1, 0.15) is 5.82 Å². The highest BCUT2D eigenvalue weighted by Gasteiger charge is 2.19. The zero-order valence-corrected chi connectivity index (χ0v) is 11.2. The first-order chi connectivity index (χ1) is 9.72. The number of hydrogen-bond acceptors (Lipinski definition) is 4. The van der Waals surface area contributed by atoms with E-state index in [-0.39, 0.29) is 5.97 Å². The predicted molar refractivity (Wildman–Crippen MR) is 72.2 cm³/mol. The van der Waals surface area contributed by atoms with Gasteiger partial charge in [0.05, 0.1) is 29.7 Å². The number of imidazole rings is 1. The molecule has 1 aliphatic heterocycles. The van der Waals surface area contributed by atoms with Crippen molar-refractivity contribution in [2.45, 2.75) is 20.0 Å². The number of esters is 1. The summed E-state index contributed by atoms with van der Waals surface area (Å²) in [5.41, 5.74) is 2.25. The minimum Gasteiger partial charge on any atom is -0.462 e. The SMILES string of the molecule is CCOC(=O)c1ccc2c(c1)nc1n2CCN(C=O)C1. The van der Waals surface area contributed by atoms with Crippen LogP contribution >= 0.6 is 0 Å². The lowest BCUT2D eigenvalue weighted by Gasteiger charge is -2.23. The second kappa shape index (κ2) is 4.96. The Labute approximate surface area is 115 Å². The van der Waals surface area contributed by atoms with Gasteiger partial charge < -0.3 is 14.2 Å². The average molecular weight is 273 g/mol. The monoisotopic (exact) mass is 273 g/mol. The van der Waals surface area contributed by atoms with E-state index in [0.717, 1.165) is 29.8 Å². The fraction of sp³-hybridized carbons (Fsp3) is 0.357. The maximum atomic E-state index is 11.7. The van der Waals surface area contributed by atoms with E-state index >= 15 is 0 Å². The molecule has 1 aromatic carbocycles. The largest absolute Gasteiger partial charge is 0.462 e. The van der Waals surface area contributed by atoms with E-state index in [1.807, 2.05) is 6.07 Å². The van der Waals surface area contributed by atoms with Crippen LogP contribution in [0.5, 0.6) is 0 Å². The Hall–Kier alpha value is -2.37. The van der Waals surface area contributed by atoms with Crippen molar-refractivity contribution < 1.29 is 14.3 Å². The second-order valence-corrected chi connectivity index (χ2v) is 4.68. The van der Waals surface area contributed by atoms with Crippen LogP contribution in [-0.4, -0.2) is 40.0 Å². The summed E-state index contributed by atoms with van der Waals surface area (Å²) in [4.78, 5) is 28.7. The third kappa shape index (κ3) is 2.03. The quantitative estimate of drug-likeness (QED) is 0.622. The molecule has 20 heavy (non-hydrogen) atoms. The van der Waals surface area contributed by atoms with Gasteiger partial charge in [0.15, 0.2) is 0 Å². The number of amides is 1. The maximum Gasteiger partial charge on any atom is 0.338 e. The standard InChI is InChI=1S/C14H15N3O3/c1-2-20-14(19)10-3-4-12-11(7-10)15-13-8-16(9-18)5-6-17(12)13/h3-4,7,9H,2,5-6,8H2,1H3. The average Bonchev–Trinajstić information content (AvgIpc) is 2.83. The zero-order chi connectivity index (χ0) is 14.1. The summed E-state index contributed by atoms with van der Waals surface area (Å²) in [6, 6.07) is 5.37. The zero-order valence-electron chi connectivity index (χ0n) is 11.2. The summed E-state index contributed by atoms with van der Waals surface area (Å²) in [6.07, 6.45) is 0.840. The number of ether oxygens (including phenoxy) is 1. The van der Waals surface area contributed by atoms with Crippen LogP contribution in [0.2, 0.25) is 0 Å². The fourth-order valence-electron chi connectivity index (χ4n) is 2.47. The summed E-state index contributed by atoms with van der Waals surface area (Å²) in [7, 11) is 0. The Balaban J connectivity index is 2.00. The third-order valence-corrected chi connectivity index (χ3v) is 3.44. The van der Waals surface area contributed by atoms with Crippen molar-refractivity contribution in [1.82, 2.24) is 14.5 Å². The number of hydrogen-bond donors (Lipinski definition) is 0. The third-order valence-electron chi connectivity index (χ3n) is 3.44. The number of rotatable bonds is 3. The summed E-state index contributed by atoms with van der Waals surface area (Å²) < 4.78 is 7.07. The molecule has 1 amide bonds. The molecule has 2 aromatic rings. The van der Waals surface area contributed by atoms with E-state index < -0.39 is 0 Å². The molecule has 2 heterocycles. The first-order valence-electron chi connectivity index (χ1n) is 6.58. The second-order valence-electron chi connectivity index (χ2n) is 4.68. The van der Waals surface area contributed by atoms with Crippen LogP contribution in [0.15, 0.2) is 18.2 Å². The van der Waals surface area contributed by atoms with Gasteiger partial charge in [0.25, 0.3) is 0 Å². The molecule has 6 heteroatoms. The fourth-order valence-corrected chi connectivity index (χ4v) is 2.47. The first-order valence-corrected chi connectivity index (χ1v) is 6.58. The molecule has 0 saturated heterocycles. The highest BCUT2D eigenvalue weighted by Crippen LogP contribution is 2.21. The molecule has 104 valence electrons. The van der Waals surface area contributed by atoms with Gasteiger partial charge in [-0.25, -0.2) is 9.78 Å². The number of benzene rings is 1. The summed E-state index contributed by atoms with van der Waals surface area (Å²) in [5.74, 6) is 0.509. The highest BCUT2D eigenvalue weighted by molar-refractivity contribution is 5.93. The molecule has 0 radical (unpaired) electrons. The normalized spacial score (nSPS) is 14.2. The van der Waals surface area contributed by atoms with Crippen molar-refractivity contribution in [2.75, 3.05) is 13.2 Å². The molecule has 0 atom stereocenters. The lowest BCUT2D eigenvalue weighted by molar-refractivity contribution is -0.119. The van der Waals surface area contributed by atoms with E-state index in [4.69, 9.17) is 4.74 Å². The lowest BCUT2D eigenvalue weighted by Crippen LogP contribution is -2.32. The van der Waals surface area contributed by atoms with Crippen molar-refractivity contribution in [3.63, 3.8) is 0 Å². The van der Waals surface area contributed by atoms with E-state index in [1.54, 1.807) is 24.0 Å². The number of aromatic nitrogens is 2. The van der Waals surface area contributed by atoms with E-state index in [0.29, 0.717) is 25.3 Å². The summed E-state index contributed by atoms with van der Waals surface area (Å²) in [5, 5.41) is 0. The molecule has 6 nitrogen and oxygen atoms in total. The van der Waals surface area contributed by atoms with Gasteiger partial charge in [0, 0.05) is 13.1 Å². The summed E-state index contributed by atoms with van der Waals surface area (Å²) in [6.45, 7) is 4.04. The van der Waals surface area contributed by atoms with Crippen LogP contribution < -0.4 is 0 Å². The van der Waals surface area contributed by atoms with Crippen molar-refractivity contribution in [3.8, 4) is 0 Å². The molecule has 0 fully saturated rings. The molecule has 0 unspecified atom stereocenters. The Morgan fingerprint density at radius 2 is 2.30 bits per heavy atom. The van der Waals surface area contributed by atoms with Crippen molar-refractivity contribution >= 4 is 23.4 Å². The van der Waals surface area contributed by atoms with Crippen molar-refractivity contribution in [1.29, 1.82) is 0 Å². The van der Waals surface area contributed by atoms with E-state index in [1.165, 1.54) is 0 Å². The number of nitrogens with zero attached hydrogens (tertiary/aromatic N) is 3. The van der Waals surface area contributed by atoms with Crippen LogP contribution in [0.4, 0.5) is 0 Å². The van der Waals surface area contributed by atoms with Gasteiger partial charge in [0.2, 0.25) is 6.41 Å². The predicted octanol–water partition coefficient (Wildman–Crippen LogP) is 1.19. The van der Waals surface area contributed by atoms with E-state index in [2.05, 4.69) is 9.55 Å². The number of carbonyl (C=O) groups excluding carboxylic acids is 2. The molecule has 1 aromatic heterocycles. The van der Waals surface area contributed by atoms with Gasteiger partial charge in [-0.2, -0.15) is 0 Å². The minimum absolute atomic E-state index is 0.338. The topological polar surface area (TPSA) is 64.4 Å². The molecule has 0 spiro atoms. The van der Waals surface area contributed by atoms with Gasteiger partial charge >= 0.3 is 5.97 Å². The molecule has 0 bridgehead atoms. The maximum absolute atomic E-state index is 11.7. The Morgan fingerprint density at radius 3 is 3.05 bits per heavy atom. The van der Waals surface area contributed by atoms with Crippen LogP contribution in [-0.2, 0) is 22.6 Å². The van der Waals surface area contributed by atoms with Gasteiger partial charge in [-0.15, -0.1) is 0 Å². The summed E-state index contributed by atoms with van der Waals surface area (Å²) >= 11 is 0. The molecule has 0 aliphatic carbocycles. The first kappa shape index (κ1) is 12.7. The molecular weight excluding hydrogens is 258 g/mol. The van der Waals surface area contributed by atoms with Crippen LogP contribution in [0.3, 0.4) is 0 Å². The van der Waals surface area contributed by atoms with Gasteiger partial charge in [-0.05, 0) is 25.1 Å². The minimum atomic E-state index is -0.338. The molecular formula is C14H15N3O3.